The lowest BCUT2D eigenvalue weighted by molar-refractivity contribution is -0.167. The summed E-state index contributed by atoms with van der Waals surface area (Å²) in [6.45, 7) is 6.54. The lowest BCUT2D eigenvalue weighted by Gasteiger charge is -2.18. The van der Waals surface area contributed by atoms with E-state index in [-0.39, 0.29) is 31.1 Å². The first kappa shape index (κ1) is 60.1. The van der Waals surface area contributed by atoms with Crippen LogP contribution >= 0.6 is 0 Å². The largest absolute Gasteiger partial charge is 0.462 e. The molecule has 0 amide bonds. The van der Waals surface area contributed by atoms with Crippen LogP contribution in [-0.2, 0) is 28.6 Å². The summed E-state index contributed by atoms with van der Waals surface area (Å²) in [7, 11) is 0. The summed E-state index contributed by atoms with van der Waals surface area (Å²) in [5, 5.41) is 0. The average molecular weight is 881 g/mol. The summed E-state index contributed by atoms with van der Waals surface area (Å²) in [5.74, 6) is -0.908. The van der Waals surface area contributed by atoms with Crippen LogP contribution in [-0.4, -0.2) is 37.2 Å². The van der Waals surface area contributed by atoms with Crippen LogP contribution < -0.4 is 0 Å². The summed E-state index contributed by atoms with van der Waals surface area (Å²) in [4.78, 5) is 37.8. The Hall–Kier alpha value is -2.89. The average Bonchev–Trinajstić information content (AvgIpc) is 3.28. The predicted molar refractivity (Wildman–Crippen MR) is 270 cm³/mol. The topological polar surface area (TPSA) is 78.9 Å². The van der Waals surface area contributed by atoms with Gasteiger partial charge in [0.15, 0.2) is 6.10 Å². The van der Waals surface area contributed by atoms with Crippen LogP contribution in [0, 0.1) is 0 Å². The van der Waals surface area contributed by atoms with Gasteiger partial charge in [0.2, 0.25) is 0 Å². The van der Waals surface area contributed by atoms with E-state index in [4.69, 9.17) is 14.2 Å². The third-order valence-corrected chi connectivity index (χ3v) is 11.5. The molecule has 0 bridgehead atoms. The monoisotopic (exact) mass is 881 g/mol. The molecule has 1 unspecified atom stereocenters. The molecule has 364 valence electrons. The predicted octanol–water partition coefficient (Wildman–Crippen LogP) is 17.6. The van der Waals surface area contributed by atoms with Crippen LogP contribution in [0.3, 0.4) is 0 Å². The van der Waals surface area contributed by atoms with Gasteiger partial charge in [0.25, 0.3) is 0 Å². The second-order valence-corrected chi connectivity index (χ2v) is 17.8. The van der Waals surface area contributed by atoms with E-state index in [0.29, 0.717) is 19.3 Å². The van der Waals surface area contributed by atoms with Gasteiger partial charge < -0.3 is 14.2 Å². The minimum absolute atomic E-state index is 0.0818. The van der Waals surface area contributed by atoms with Gasteiger partial charge in [-0.25, -0.2) is 0 Å². The van der Waals surface area contributed by atoms with E-state index < -0.39 is 6.10 Å². The van der Waals surface area contributed by atoms with Crippen molar-refractivity contribution < 1.29 is 28.6 Å². The highest BCUT2D eigenvalue weighted by Gasteiger charge is 2.19. The summed E-state index contributed by atoms with van der Waals surface area (Å²) in [6.07, 6.45) is 63.7. The highest BCUT2D eigenvalue weighted by Crippen LogP contribution is 2.14. The first-order valence-corrected chi connectivity index (χ1v) is 26.8. The second kappa shape index (κ2) is 51.7. The molecule has 0 aliphatic heterocycles. The van der Waals surface area contributed by atoms with Gasteiger partial charge in [-0.15, -0.1) is 0 Å². The molecule has 0 spiro atoms. The van der Waals surface area contributed by atoms with E-state index >= 15 is 0 Å². The fourth-order valence-corrected chi connectivity index (χ4v) is 7.42. The van der Waals surface area contributed by atoms with Gasteiger partial charge in [0, 0.05) is 19.3 Å². The zero-order chi connectivity index (χ0) is 45.8. The quantitative estimate of drug-likeness (QED) is 0.0262. The molecule has 0 saturated carbocycles. The number of carbonyl (C=O) groups excluding carboxylic acids is 3. The number of hydrogen-bond donors (Lipinski definition) is 0. The van der Waals surface area contributed by atoms with Crippen LogP contribution in [0.4, 0.5) is 0 Å². The SMILES string of the molecule is CCCCCC/C=C\C/C=C\CCCCCCCCCC(=O)OC(COC(=O)CCCCCCCC)COC(=O)CCCCCCCC/C=C\C/C=C\C/C=C\CCCCCCC. The normalized spacial score (nSPS) is 12.5. The molecule has 0 N–H and O–H groups in total. The fraction of sp³-hybridized carbons (Fsp3) is 0.772. The van der Waals surface area contributed by atoms with Crippen molar-refractivity contribution in [3.63, 3.8) is 0 Å². The smallest absolute Gasteiger partial charge is 0.306 e. The summed E-state index contributed by atoms with van der Waals surface area (Å²) >= 11 is 0. The molecule has 0 saturated heterocycles. The summed E-state index contributed by atoms with van der Waals surface area (Å²) in [5.41, 5.74) is 0. The Labute approximate surface area is 390 Å². The van der Waals surface area contributed by atoms with Gasteiger partial charge in [0.1, 0.15) is 13.2 Å². The molecular weight excluding hydrogens is 781 g/mol. The van der Waals surface area contributed by atoms with E-state index in [0.717, 1.165) is 89.9 Å². The molecule has 1 atom stereocenters. The Morgan fingerprint density at radius 2 is 0.571 bits per heavy atom. The zero-order valence-corrected chi connectivity index (χ0v) is 41.6. The molecule has 0 aromatic rings. The lowest BCUT2D eigenvalue weighted by atomic mass is 10.1. The van der Waals surface area contributed by atoms with Crippen LogP contribution in [0.5, 0.6) is 0 Å². The molecule has 0 aliphatic rings. The number of carbonyl (C=O) groups is 3. The third kappa shape index (κ3) is 50.0. The highest BCUT2D eigenvalue weighted by molar-refractivity contribution is 5.71. The van der Waals surface area contributed by atoms with E-state index in [1.54, 1.807) is 0 Å². The standard InChI is InChI=1S/C57H100O6/c1-4-7-10-13-16-18-20-22-24-26-28-29-30-32-33-35-37-39-41-44-47-50-56(59)62-53-54(52-61-55(58)49-46-43-15-12-9-6-3)63-57(60)51-48-45-42-40-38-36-34-31-27-25-23-21-19-17-14-11-8-5-2/h19-22,25-28,30,32,54H,4-18,23-24,29,31,33-53H2,1-3H3/b21-19-,22-20-,27-25-,28-26-,32-30-. The van der Waals surface area contributed by atoms with Crippen LogP contribution in [0.25, 0.3) is 0 Å². The van der Waals surface area contributed by atoms with Crippen LogP contribution in [0.2, 0.25) is 0 Å². The Bertz CT molecular complexity index is 1150. The Balaban J connectivity index is 4.23. The van der Waals surface area contributed by atoms with Crippen molar-refractivity contribution in [2.24, 2.45) is 0 Å². The van der Waals surface area contributed by atoms with Gasteiger partial charge in [-0.05, 0) is 89.9 Å². The van der Waals surface area contributed by atoms with E-state index in [1.165, 1.54) is 135 Å². The number of ether oxygens (including phenoxy) is 3. The first-order chi connectivity index (χ1) is 31.0. The maximum absolute atomic E-state index is 12.8. The molecule has 0 radical (unpaired) electrons. The molecule has 63 heavy (non-hydrogen) atoms. The highest BCUT2D eigenvalue weighted by atomic mass is 16.6. The van der Waals surface area contributed by atoms with E-state index in [9.17, 15) is 14.4 Å². The van der Waals surface area contributed by atoms with Crippen molar-refractivity contribution in [2.45, 2.75) is 271 Å². The van der Waals surface area contributed by atoms with Crippen LogP contribution in [0.15, 0.2) is 60.8 Å². The lowest BCUT2D eigenvalue weighted by Crippen LogP contribution is -2.30. The van der Waals surface area contributed by atoms with Gasteiger partial charge >= 0.3 is 17.9 Å². The van der Waals surface area contributed by atoms with Crippen molar-refractivity contribution in [3.8, 4) is 0 Å². The van der Waals surface area contributed by atoms with Crippen LogP contribution in [0.1, 0.15) is 265 Å². The zero-order valence-electron chi connectivity index (χ0n) is 41.6. The Morgan fingerprint density at radius 1 is 0.317 bits per heavy atom. The van der Waals surface area contributed by atoms with Gasteiger partial charge in [-0.1, -0.05) is 216 Å². The number of hydrogen-bond acceptors (Lipinski definition) is 6. The first-order valence-electron chi connectivity index (χ1n) is 26.8. The molecule has 6 nitrogen and oxygen atoms in total. The van der Waals surface area contributed by atoms with Crippen molar-refractivity contribution >= 4 is 17.9 Å². The summed E-state index contributed by atoms with van der Waals surface area (Å²) in [6, 6.07) is 0. The maximum Gasteiger partial charge on any atom is 0.306 e. The molecule has 6 heteroatoms. The maximum atomic E-state index is 12.8. The molecule has 0 aromatic heterocycles. The van der Waals surface area contributed by atoms with E-state index in [1.807, 2.05) is 0 Å². The van der Waals surface area contributed by atoms with Crippen molar-refractivity contribution in [2.75, 3.05) is 13.2 Å². The number of esters is 3. The molecule has 0 fully saturated rings. The third-order valence-electron chi connectivity index (χ3n) is 11.5. The van der Waals surface area contributed by atoms with Gasteiger partial charge in [-0.3, -0.25) is 14.4 Å². The Morgan fingerprint density at radius 3 is 0.905 bits per heavy atom. The molecule has 0 aromatic carbocycles. The van der Waals surface area contributed by atoms with E-state index in [2.05, 4.69) is 81.5 Å². The molecule has 0 aliphatic carbocycles. The van der Waals surface area contributed by atoms with Gasteiger partial charge in [0.05, 0.1) is 0 Å². The number of allylic oxidation sites excluding steroid dienone is 10. The minimum atomic E-state index is -0.780. The number of unbranched alkanes of at least 4 members (excludes halogenated alkanes) is 27. The second-order valence-electron chi connectivity index (χ2n) is 17.8. The number of rotatable bonds is 48. The van der Waals surface area contributed by atoms with Crippen molar-refractivity contribution in [1.29, 1.82) is 0 Å². The van der Waals surface area contributed by atoms with Crippen molar-refractivity contribution in [3.05, 3.63) is 60.8 Å². The summed E-state index contributed by atoms with van der Waals surface area (Å²) < 4.78 is 16.7. The molecule has 0 heterocycles. The van der Waals surface area contributed by atoms with Crippen molar-refractivity contribution in [1.82, 2.24) is 0 Å². The molecule has 0 rings (SSSR count). The van der Waals surface area contributed by atoms with Gasteiger partial charge in [-0.2, -0.15) is 0 Å². The Kier molecular flexibility index (Phi) is 49.4. The molecular formula is C57H100O6. The minimum Gasteiger partial charge on any atom is -0.462 e. The fourth-order valence-electron chi connectivity index (χ4n) is 7.42.